The third kappa shape index (κ3) is 3.77. The summed E-state index contributed by atoms with van der Waals surface area (Å²) in [5.74, 6) is 0.254. The molecule has 1 spiro atoms. The van der Waals surface area contributed by atoms with Gasteiger partial charge in [-0.05, 0) is 36.8 Å². The highest BCUT2D eigenvalue weighted by atomic mass is 16.5. The molecule has 2 N–H and O–H groups in total. The summed E-state index contributed by atoms with van der Waals surface area (Å²) in [5.41, 5.74) is 0.165. The second-order valence-corrected chi connectivity index (χ2v) is 7.35. The Kier molecular flexibility index (Phi) is 5.68. The maximum atomic E-state index is 12.9. The molecule has 2 atom stereocenters. The highest BCUT2D eigenvalue weighted by molar-refractivity contribution is 6.09. The van der Waals surface area contributed by atoms with Crippen LogP contribution in [0.3, 0.4) is 0 Å². The lowest BCUT2D eigenvalue weighted by Gasteiger charge is -2.36. The molecule has 146 valence electrons. The first kappa shape index (κ1) is 19.2. The van der Waals surface area contributed by atoms with Crippen LogP contribution in [0.15, 0.2) is 24.3 Å². The summed E-state index contributed by atoms with van der Waals surface area (Å²) in [7, 11) is 1.61. The summed E-state index contributed by atoms with van der Waals surface area (Å²) >= 11 is 0. The van der Waals surface area contributed by atoms with Gasteiger partial charge in [0.15, 0.2) is 0 Å². The lowest BCUT2D eigenvalue weighted by Crippen LogP contribution is -2.54. The first-order chi connectivity index (χ1) is 13.0. The van der Waals surface area contributed by atoms with Crippen molar-refractivity contribution in [1.29, 1.82) is 0 Å². The number of nitrogens with one attached hydrogen (secondary N) is 2. The SMILES string of the molecule is COc1ccccc1CCNC(=O)CN1C(=O)N[C@@]2(CCCC[C@@H]2C)C1=O. The minimum Gasteiger partial charge on any atom is -0.496 e. The van der Waals surface area contributed by atoms with Crippen LogP contribution in [0.25, 0.3) is 0 Å². The molecule has 27 heavy (non-hydrogen) atoms. The van der Waals surface area contributed by atoms with Crippen LogP contribution < -0.4 is 15.4 Å². The number of benzene rings is 1. The van der Waals surface area contributed by atoms with Gasteiger partial charge >= 0.3 is 6.03 Å². The molecule has 1 aliphatic heterocycles. The van der Waals surface area contributed by atoms with Gasteiger partial charge in [-0.1, -0.05) is 38.0 Å². The first-order valence-electron chi connectivity index (χ1n) is 9.50. The molecule has 1 aromatic rings. The fourth-order valence-corrected chi connectivity index (χ4v) is 4.08. The average molecular weight is 373 g/mol. The van der Waals surface area contributed by atoms with Crippen LogP contribution in [0.1, 0.15) is 38.2 Å². The molecule has 7 nitrogen and oxygen atoms in total. The quantitative estimate of drug-likeness (QED) is 0.745. The van der Waals surface area contributed by atoms with Crippen molar-refractivity contribution >= 4 is 17.8 Å². The number of carbonyl (C=O) groups is 3. The topological polar surface area (TPSA) is 87.7 Å². The zero-order valence-electron chi connectivity index (χ0n) is 15.9. The van der Waals surface area contributed by atoms with Gasteiger partial charge in [-0.15, -0.1) is 0 Å². The van der Waals surface area contributed by atoms with Gasteiger partial charge in [0.25, 0.3) is 5.91 Å². The van der Waals surface area contributed by atoms with Crippen molar-refractivity contribution in [2.75, 3.05) is 20.2 Å². The summed E-state index contributed by atoms with van der Waals surface area (Å²) in [4.78, 5) is 38.5. The van der Waals surface area contributed by atoms with E-state index in [0.29, 0.717) is 19.4 Å². The normalized spacial score (nSPS) is 24.8. The van der Waals surface area contributed by atoms with Crippen molar-refractivity contribution in [3.05, 3.63) is 29.8 Å². The van der Waals surface area contributed by atoms with E-state index >= 15 is 0 Å². The predicted octanol–water partition coefficient (Wildman–Crippen LogP) is 1.85. The van der Waals surface area contributed by atoms with Crippen LogP contribution in [0, 0.1) is 5.92 Å². The number of nitrogens with zero attached hydrogens (tertiary/aromatic N) is 1. The van der Waals surface area contributed by atoms with Crippen LogP contribution in [0.5, 0.6) is 5.75 Å². The predicted molar refractivity (Wildman–Crippen MR) is 100 cm³/mol. The Morgan fingerprint density at radius 2 is 2.11 bits per heavy atom. The zero-order chi connectivity index (χ0) is 19.4. The number of rotatable bonds is 6. The zero-order valence-corrected chi connectivity index (χ0v) is 15.9. The van der Waals surface area contributed by atoms with Gasteiger partial charge < -0.3 is 15.4 Å². The van der Waals surface area contributed by atoms with Crippen molar-refractivity contribution < 1.29 is 19.1 Å². The second kappa shape index (κ2) is 7.98. The second-order valence-electron chi connectivity index (χ2n) is 7.35. The maximum Gasteiger partial charge on any atom is 0.325 e. The number of ether oxygens (including phenoxy) is 1. The van der Waals surface area contributed by atoms with E-state index in [1.165, 1.54) is 0 Å². The van der Waals surface area contributed by atoms with E-state index in [2.05, 4.69) is 10.6 Å². The maximum absolute atomic E-state index is 12.9. The van der Waals surface area contributed by atoms with Gasteiger partial charge in [0.1, 0.15) is 17.8 Å². The standard InChI is InChI=1S/C20H27N3O4/c1-14-7-5-6-11-20(14)18(25)23(19(26)22-20)13-17(24)21-12-10-15-8-3-4-9-16(15)27-2/h3-4,8-9,14H,5-7,10-13H2,1-2H3,(H,21,24)(H,22,26)/t14-,20+/m0/s1. The van der Waals surface area contributed by atoms with Crippen LogP contribution in [0.2, 0.25) is 0 Å². The molecule has 1 aliphatic carbocycles. The Morgan fingerprint density at radius 1 is 1.33 bits per heavy atom. The molecule has 4 amide bonds. The number of para-hydroxylation sites is 1. The molecule has 0 aromatic heterocycles. The Labute approximate surface area is 159 Å². The van der Waals surface area contributed by atoms with Gasteiger partial charge in [-0.3, -0.25) is 14.5 Å². The number of hydrogen-bond acceptors (Lipinski definition) is 4. The molecule has 0 unspecified atom stereocenters. The molecular formula is C20H27N3O4. The van der Waals surface area contributed by atoms with E-state index in [0.717, 1.165) is 35.5 Å². The van der Waals surface area contributed by atoms with E-state index in [9.17, 15) is 14.4 Å². The van der Waals surface area contributed by atoms with Crippen LogP contribution in [0.4, 0.5) is 4.79 Å². The van der Waals surface area contributed by atoms with Crippen molar-refractivity contribution in [2.24, 2.45) is 5.92 Å². The summed E-state index contributed by atoms with van der Waals surface area (Å²) in [6.45, 7) is 2.16. The molecule has 0 radical (unpaired) electrons. The van der Waals surface area contributed by atoms with Crippen molar-refractivity contribution in [3.63, 3.8) is 0 Å². The highest BCUT2D eigenvalue weighted by Gasteiger charge is 2.55. The number of hydrogen-bond donors (Lipinski definition) is 2. The Balaban J connectivity index is 1.55. The van der Waals surface area contributed by atoms with Crippen LogP contribution in [-0.4, -0.2) is 48.5 Å². The molecule has 7 heteroatoms. The molecule has 2 aliphatic rings. The monoisotopic (exact) mass is 373 g/mol. The molecule has 1 heterocycles. The van der Waals surface area contributed by atoms with Crippen molar-refractivity contribution in [1.82, 2.24) is 15.5 Å². The number of urea groups is 1. The Hall–Kier alpha value is -2.57. The number of methoxy groups -OCH3 is 1. The van der Waals surface area contributed by atoms with Gasteiger partial charge in [0, 0.05) is 6.54 Å². The Morgan fingerprint density at radius 3 is 2.85 bits per heavy atom. The smallest absolute Gasteiger partial charge is 0.325 e. The highest BCUT2D eigenvalue weighted by Crippen LogP contribution is 2.38. The molecule has 0 bridgehead atoms. The van der Waals surface area contributed by atoms with E-state index in [-0.39, 0.29) is 24.3 Å². The molecule has 2 fully saturated rings. The summed E-state index contributed by atoms with van der Waals surface area (Å²) < 4.78 is 5.29. The van der Waals surface area contributed by atoms with Crippen molar-refractivity contribution in [3.8, 4) is 5.75 Å². The number of imide groups is 1. The molecule has 1 saturated carbocycles. The number of carbonyl (C=O) groups excluding carboxylic acids is 3. The summed E-state index contributed by atoms with van der Waals surface area (Å²) in [6, 6.07) is 7.15. The molecule has 1 saturated heterocycles. The lowest BCUT2D eigenvalue weighted by molar-refractivity contribution is -0.137. The van der Waals surface area contributed by atoms with Gasteiger partial charge in [-0.25, -0.2) is 4.79 Å². The fourth-order valence-electron chi connectivity index (χ4n) is 4.08. The van der Waals surface area contributed by atoms with Crippen molar-refractivity contribution in [2.45, 2.75) is 44.6 Å². The fraction of sp³-hybridized carbons (Fsp3) is 0.550. The molecular weight excluding hydrogens is 346 g/mol. The van der Waals surface area contributed by atoms with Gasteiger partial charge in [0.2, 0.25) is 5.91 Å². The molecule has 1 aromatic carbocycles. The van der Waals surface area contributed by atoms with Gasteiger partial charge in [0.05, 0.1) is 7.11 Å². The lowest BCUT2D eigenvalue weighted by atomic mass is 9.73. The van der Waals surface area contributed by atoms with Crippen LogP contribution in [-0.2, 0) is 16.0 Å². The Bertz CT molecular complexity index is 736. The first-order valence-corrected chi connectivity index (χ1v) is 9.50. The summed E-state index contributed by atoms with van der Waals surface area (Å²) in [6.07, 6.45) is 4.14. The van der Waals surface area contributed by atoms with E-state index in [1.54, 1.807) is 7.11 Å². The largest absolute Gasteiger partial charge is 0.496 e. The minimum atomic E-state index is -0.826. The van der Waals surface area contributed by atoms with Crippen LogP contribution >= 0.6 is 0 Å². The minimum absolute atomic E-state index is 0.0845. The number of amides is 4. The van der Waals surface area contributed by atoms with Gasteiger partial charge in [-0.2, -0.15) is 0 Å². The average Bonchev–Trinajstić information content (AvgIpc) is 2.89. The molecule has 3 rings (SSSR count). The third-order valence-electron chi connectivity index (χ3n) is 5.71. The summed E-state index contributed by atoms with van der Waals surface area (Å²) in [5, 5.41) is 5.65. The van der Waals surface area contributed by atoms with E-state index < -0.39 is 11.6 Å². The van der Waals surface area contributed by atoms with E-state index in [1.807, 2.05) is 31.2 Å². The van der Waals surface area contributed by atoms with E-state index in [4.69, 9.17) is 4.74 Å². The third-order valence-corrected chi connectivity index (χ3v) is 5.71.